The highest BCUT2D eigenvalue weighted by Crippen LogP contribution is 2.21. The fourth-order valence-corrected chi connectivity index (χ4v) is 1.82. The average Bonchev–Trinajstić information content (AvgIpc) is 2.52. The highest BCUT2D eigenvalue weighted by molar-refractivity contribution is 5.97. The van der Waals surface area contributed by atoms with Gasteiger partial charge in [0.05, 0.1) is 12.1 Å². The third-order valence-electron chi connectivity index (χ3n) is 2.69. The Morgan fingerprint density at radius 2 is 2.35 bits per heavy atom. The van der Waals surface area contributed by atoms with Gasteiger partial charge in [0.15, 0.2) is 0 Å². The van der Waals surface area contributed by atoms with Gasteiger partial charge in [-0.05, 0) is 30.7 Å². The monoisotopic (exact) mass is 234 g/mol. The number of rotatable bonds is 4. The van der Waals surface area contributed by atoms with E-state index in [0.29, 0.717) is 24.5 Å². The number of hydrogen-bond acceptors (Lipinski definition) is 3. The second-order valence-corrected chi connectivity index (χ2v) is 4.11. The first kappa shape index (κ1) is 11.9. The minimum absolute atomic E-state index is 0.0464. The Bertz CT molecular complexity index is 404. The van der Waals surface area contributed by atoms with Crippen LogP contribution in [0.15, 0.2) is 18.2 Å². The summed E-state index contributed by atoms with van der Waals surface area (Å²) >= 11 is 0. The number of ether oxygens (including phenoxy) is 1. The Balaban J connectivity index is 2.14. The average molecular weight is 234 g/mol. The molecule has 92 valence electrons. The Morgan fingerprint density at radius 3 is 3.18 bits per heavy atom. The van der Waals surface area contributed by atoms with E-state index in [1.165, 1.54) is 0 Å². The van der Waals surface area contributed by atoms with Crippen molar-refractivity contribution in [3.8, 4) is 5.75 Å². The van der Waals surface area contributed by atoms with E-state index in [1.54, 1.807) is 0 Å². The van der Waals surface area contributed by atoms with Gasteiger partial charge in [-0.15, -0.1) is 0 Å². The number of carbonyl (C=O) groups excluding carboxylic acids is 1. The zero-order valence-electron chi connectivity index (χ0n) is 10.1. The van der Waals surface area contributed by atoms with Gasteiger partial charge in [0.2, 0.25) is 0 Å². The molecule has 0 bridgehead atoms. The predicted molar refractivity (Wildman–Crippen MR) is 66.3 cm³/mol. The second kappa shape index (κ2) is 5.68. The molecule has 17 heavy (non-hydrogen) atoms. The molecule has 1 aromatic rings. The van der Waals surface area contributed by atoms with E-state index in [-0.39, 0.29) is 5.91 Å². The van der Waals surface area contributed by atoms with Gasteiger partial charge in [0.1, 0.15) is 12.4 Å². The Morgan fingerprint density at radius 1 is 1.47 bits per heavy atom. The van der Waals surface area contributed by atoms with Crippen LogP contribution in [0.5, 0.6) is 5.75 Å². The lowest BCUT2D eigenvalue weighted by Crippen LogP contribution is -2.24. The number of fused-ring (bicyclic) bond motifs is 1. The molecular weight excluding hydrogens is 216 g/mol. The van der Waals surface area contributed by atoms with E-state index in [9.17, 15) is 4.79 Å². The molecule has 1 aliphatic rings. The maximum absolute atomic E-state index is 11.8. The zero-order valence-corrected chi connectivity index (χ0v) is 10.1. The molecule has 0 saturated heterocycles. The largest absolute Gasteiger partial charge is 0.491 e. The van der Waals surface area contributed by atoms with Crippen LogP contribution in [0.1, 0.15) is 29.3 Å². The van der Waals surface area contributed by atoms with Gasteiger partial charge in [-0.3, -0.25) is 4.79 Å². The normalized spacial score (nSPS) is 14.5. The SMILES string of the molecule is CCCNCc1ccc2c(c1)C(=O)NCCO2. The molecule has 1 heterocycles. The second-order valence-electron chi connectivity index (χ2n) is 4.11. The molecule has 1 aliphatic heterocycles. The quantitative estimate of drug-likeness (QED) is 0.772. The standard InChI is InChI=1S/C13H18N2O2/c1-2-5-14-9-10-3-4-12-11(8-10)13(16)15-6-7-17-12/h3-4,8,14H,2,5-7,9H2,1H3,(H,15,16). The number of nitrogens with one attached hydrogen (secondary N) is 2. The van der Waals surface area contributed by atoms with E-state index in [4.69, 9.17) is 4.74 Å². The third-order valence-corrected chi connectivity index (χ3v) is 2.69. The highest BCUT2D eigenvalue weighted by atomic mass is 16.5. The number of benzene rings is 1. The molecular formula is C13H18N2O2. The molecule has 2 rings (SSSR count). The maximum Gasteiger partial charge on any atom is 0.255 e. The molecule has 0 unspecified atom stereocenters. The van der Waals surface area contributed by atoms with Crippen LogP contribution in [0.25, 0.3) is 0 Å². The van der Waals surface area contributed by atoms with Crippen LogP contribution in [0.4, 0.5) is 0 Å². The number of amides is 1. The van der Waals surface area contributed by atoms with Crippen molar-refractivity contribution in [3.05, 3.63) is 29.3 Å². The Hall–Kier alpha value is -1.55. The molecule has 0 fully saturated rings. The van der Waals surface area contributed by atoms with Crippen molar-refractivity contribution in [1.29, 1.82) is 0 Å². The summed E-state index contributed by atoms with van der Waals surface area (Å²) in [6.07, 6.45) is 1.11. The van der Waals surface area contributed by atoms with Crippen LogP contribution < -0.4 is 15.4 Å². The van der Waals surface area contributed by atoms with Gasteiger partial charge in [-0.1, -0.05) is 13.0 Å². The van der Waals surface area contributed by atoms with E-state index in [1.807, 2.05) is 18.2 Å². The van der Waals surface area contributed by atoms with Crippen molar-refractivity contribution >= 4 is 5.91 Å². The van der Waals surface area contributed by atoms with E-state index >= 15 is 0 Å². The van der Waals surface area contributed by atoms with Crippen molar-refractivity contribution in [3.63, 3.8) is 0 Å². The number of carbonyl (C=O) groups is 1. The third kappa shape index (κ3) is 2.97. The van der Waals surface area contributed by atoms with Gasteiger partial charge < -0.3 is 15.4 Å². The summed E-state index contributed by atoms with van der Waals surface area (Å²) in [6, 6.07) is 5.78. The number of hydrogen-bond donors (Lipinski definition) is 2. The van der Waals surface area contributed by atoms with Crippen molar-refractivity contribution in [2.45, 2.75) is 19.9 Å². The molecule has 1 amide bonds. The topological polar surface area (TPSA) is 50.4 Å². The van der Waals surface area contributed by atoms with E-state index < -0.39 is 0 Å². The molecule has 0 atom stereocenters. The fraction of sp³-hybridized carbons (Fsp3) is 0.462. The lowest BCUT2D eigenvalue weighted by Gasteiger charge is -2.08. The summed E-state index contributed by atoms with van der Waals surface area (Å²) in [6.45, 7) is 5.00. The molecule has 1 aromatic carbocycles. The van der Waals surface area contributed by atoms with Crippen molar-refractivity contribution in [1.82, 2.24) is 10.6 Å². The van der Waals surface area contributed by atoms with E-state index in [0.717, 1.165) is 25.1 Å². The van der Waals surface area contributed by atoms with Crippen LogP contribution in [0.3, 0.4) is 0 Å². The van der Waals surface area contributed by atoms with Crippen LogP contribution >= 0.6 is 0 Å². The first-order valence-corrected chi connectivity index (χ1v) is 6.06. The first-order valence-electron chi connectivity index (χ1n) is 6.06. The van der Waals surface area contributed by atoms with Crippen molar-refractivity contribution < 1.29 is 9.53 Å². The maximum atomic E-state index is 11.8. The molecule has 4 nitrogen and oxygen atoms in total. The molecule has 2 N–H and O–H groups in total. The van der Waals surface area contributed by atoms with Crippen molar-refractivity contribution in [2.75, 3.05) is 19.7 Å². The lowest BCUT2D eigenvalue weighted by molar-refractivity contribution is 0.0957. The zero-order chi connectivity index (χ0) is 12.1. The molecule has 4 heteroatoms. The van der Waals surface area contributed by atoms with Crippen LogP contribution in [-0.2, 0) is 6.54 Å². The minimum atomic E-state index is -0.0464. The van der Waals surface area contributed by atoms with Gasteiger partial charge in [0, 0.05) is 6.54 Å². The summed E-state index contributed by atoms with van der Waals surface area (Å²) in [5.74, 6) is 0.633. The van der Waals surface area contributed by atoms with Gasteiger partial charge >= 0.3 is 0 Å². The first-order chi connectivity index (χ1) is 8.31. The summed E-state index contributed by atoms with van der Waals surface area (Å²) < 4.78 is 5.50. The molecule has 0 aromatic heterocycles. The Labute approximate surface area is 101 Å². The smallest absolute Gasteiger partial charge is 0.255 e. The summed E-state index contributed by atoms with van der Waals surface area (Å²) in [5, 5.41) is 6.13. The van der Waals surface area contributed by atoms with Crippen LogP contribution in [0, 0.1) is 0 Å². The molecule has 0 radical (unpaired) electrons. The fourth-order valence-electron chi connectivity index (χ4n) is 1.82. The van der Waals surface area contributed by atoms with Crippen LogP contribution in [0.2, 0.25) is 0 Å². The summed E-state index contributed by atoms with van der Waals surface area (Å²) in [4.78, 5) is 11.8. The minimum Gasteiger partial charge on any atom is -0.491 e. The predicted octanol–water partition coefficient (Wildman–Crippen LogP) is 1.31. The van der Waals surface area contributed by atoms with Crippen LogP contribution in [-0.4, -0.2) is 25.6 Å². The summed E-state index contributed by atoms with van der Waals surface area (Å²) in [5.41, 5.74) is 1.75. The highest BCUT2D eigenvalue weighted by Gasteiger charge is 2.16. The Kier molecular flexibility index (Phi) is 3.98. The van der Waals surface area contributed by atoms with Crippen molar-refractivity contribution in [2.24, 2.45) is 0 Å². The molecule has 0 aliphatic carbocycles. The summed E-state index contributed by atoms with van der Waals surface area (Å²) in [7, 11) is 0. The van der Waals surface area contributed by atoms with Gasteiger partial charge in [-0.25, -0.2) is 0 Å². The van der Waals surface area contributed by atoms with E-state index in [2.05, 4.69) is 17.6 Å². The molecule has 0 saturated carbocycles. The lowest BCUT2D eigenvalue weighted by atomic mass is 10.1. The van der Waals surface area contributed by atoms with Gasteiger partial charge in [0.25, 0.3) is 5.91 Å². The van der Waals surface area contributed by atoms with Gasteiger partial charge in [-0.2, -0.15) is 0 Å². The molecule has 0 spiro atoms.